The Kier molecular flexibility index (Phi) is 4.46. The van der Waals surface area contributed by atoms with Gasteiger partial charge in [0.25, 0.3) is 5.69 Å². The quantitative estimate of drug-likeness (QED) is 0.429. The number of nitrogens with zero attached hydrogens (tertiary/aromatic N) is 2. The van der Waals surface area contributed by atoms with Crippen LogP contribution in [0.3, 0.4) is 0 Å². The number of likely N-dealkylation sites (N-methyl/N-ethyl adjacent to an activating group) is 1. The number of benzene rings is 1. The van der Waals surface area contributed by atoms with E-state index in [1.807, 2.05) is 0 Å². The molecule has 9 heteroatoms. The van der Waals surface area contributed by atoms with E-state index in [-0.39, 0.29) is 17.1 Å². The van der Waals surface area contributed by atoms with Crippen LogP contribution in [0.15, 0.2) is 18.2 Å². The number of nitrogen functional groups attached to an aromatic ring is 1. The van der Waals surface area contributed by atoms with Gasteiger partial charge < -0.3 is 16.2 Å². The first-order valence-electron chi connectivity index (χ1n) is 5.54. The molecule has 1 rings (SSSR count). The monoisotopic (exact) mass is 282 g/mol. The molecule has 1 unspecified atom stereocenters. The van der Waals surface area contributed by atoms with Crippen molar-refractivity contribution >= 4 is 29.1 Å². The largest absolute Gasteiger partial charge is 0.465 e. The molecule has 0 bridgehead atoms. The third-order valence-electron chi connectivity index (χ3n) is 2.77. The lowest BCUT2D eigenvalue weighted by atomic mass is 10.2. The molecular formula is C11H14N4O5. The van der Waals surface area contributed by atoms with Crippen molar-refractivity contribution < 1.29 is 19.6 Å². The average molecular weight is 282 g/mol. The van der Waals surface area contributed by atoms with Gasteiger partial charge in [0, 0.05) is 19.2 Å². The molecule has 0 fully saturated rings. The number of carbonyl (C=O) groups excluding carboxylic acids is 1. The van der Waals surface area contributed by atoms with Crippen LogP contribution in [-0.2, 0) is 4.79 Å². The van der Waals surface area contributed by atoms with Crippen LogP contribution < -0.4 is 11.1 Å². The van der Waals surface area contributed by atoms with E-state index in [1.54, 1.807) is 0 Å². The number of nitrogens with two attached hydrogens (primary N) is 1. The third-order valence-corrected chi connectivity index (χ3v) is 2.77. The zero-order chi connectivity index (χ0) is 15.4. The summed E-state index contributed by atoms with van der Waals surface area (Å²) in [7, 11) is 1.24. The Morgan fingerprint density at radius 3 is 2.60 bits per heavy atom. The Morgan fingerprint density at radius 1 is 1.50 bits per heavy atom. The number of rotatable bonds is 4. The lowest BCUT2D eigenvalue weighted by Gasteiger charge is -2.21. The molecule has 2 amide bonds. The fourth-order valence-electron chi connectivity index (χ4n) is 1.34. The maximum Gasteiger partial charge on any atom is 0.407 e. The number of nitro benzene ring substituents is 1. The SMILES string of the molecule is CC(C(=O)Nc1cc([N+](=O)[O-])ccc1N)N(C)C(=O)O. The fourth-order valence-corrected chi connectivity index (χ4v) is 1.34. The molecule has 0 heterocycles. The van der Waals surface area contributed by atoms with Crippen LogP contribution in [0.2, 0.25) is 0 Å². The van der Waals surface area contributed by atoms with E-state index >= 15 is 0 Å². The number of hydrogen-bond acceptors (Lipinski definition) is 5. The molecule has 0 saturated carbocycles. The second kappa shape index (κ2) is 5.87. The first kappa shape index (κ1) is 15.2. The average Bonchev–Trinajstić information content (AvgIpc) is 2.38. The molecule has 0 radical (unpaired) electrons. The Labute approximate surface area is 114 Å². The van der Waals surface area contributed by atoms with Crippen LogP contribution in [0.1, 0.15) is 6.92 Å². The van der Waals surface area contributed by atoms with E-state index in [4.69, 9.17) is 10.8 Å². The molecule has 9 nitrogen and oxygen atoms in total. The number of carbonyl (C=O) groups is 2. The number of carboxylic acid groups (broad SMARTS) is 1. The second-order valence-corrected chi connectivity index (χ2v) is 4.09. The van der Waals surface area contributed by atoms with Crippen molar-refractivity contribution in [3.8, 4) is 0 Å². The number of anilines is 2. The summed E-state index contributed by atoms with van der Waals surface area (Å²) in [5, 5.41) is 21.8. The minimum atomic E-state index is -1.26. The van der Waals surface area contributed by atoms with Crippen molar-refractivity contribution in [1.82, 2.24) is 4.90 Å². The lowest BCUT2D eigenvalue weighted by molar-refractivity contribution is -0.384. The van der Waals surface area contributed by atoms with Gasteiger partial charge in [0.15, 0.2) is 0 Å². The Hall–Kier alpha value is -2.84. The smallest absolute Gasteiger partial charge is 0.407 e. The van der Waals surface area contributed by atoms with Crippen LogP contribution in [-0.4, -0.2) is 40.0 Å². The molecule has 1 aromatic rings. The molecule has 1 atom stereocenters. The van der Waals surface area contributed by atoms with Gasteiger partial charge in [-0.1, -0.05) is 0 Å². The molecule has 0 aliphatic carbocycles. The molecule has 4 N–H and O–H groups in total. The second-order valence-electron chi connectivity index (χ2n) is 4.09. The van der Waals surface area contributed by atoms with Gasteiger partial charge in [0.2, 0.25) is 5.91 Å². The van der Waals surface area contributed by atoms with Gasteiger partial charge in [-0.3, -0.25) is 19.8 Å². The molecule has 20 heavy (non-hydrogen) atoms. The topological polar surface area (TPSA) is 139 Å². The summed E-state index contributed by atoms with van der Waals surface area (Å²) < 4.78 is 0. The van der Waals surface area contributed by atoms with Gasteiger partial charge >= 0.3 is 6.09 Å². The van der Waals surface area contributed by atoms with Crippen molar-refractivity contribution in [2.45, 2.75) is 13.0 Å². The zero-order valence-corrected chi connectivity index (χ0v) is 10.9. The summed E-state index contributed by atoms with van der Waals surface area (Å²) in [4.78, 5) is 33.4. The van der Waals surface area contributed by atoms with E-state index in [1.165, 1.54) is 26.1 Å². The minimum absolute atomic E-state index is 0.0647. The molecule has 0 saturated heterocycles. The molecule has 0 spiro atoms. The van der Waals surface area contributed by atoms with Crippen molar-refractivity contribution in [1.29, 1.82) is 0 Å². The predicted molar refractivity (Wildman–Crippen MR) is 71.4 cm³/mol. The van der Waals surface area contributed by atoms with Crippen LogP contribution in [0, 0.1) is 10.1 Å². The number of amides is 2. The Bertz CT molecular complexity index is 560. The highest BCUT2D eigenvalue weighted by atomic mass is 16.6. The zero-order valence-electron chi connectivity index (χ0n) is 10.9. The molecular weight excluding hydrogens is 268 g/mol. The minimum Gasteiger partial charge on any atom is -0.465 e. The maximum absolute atomic E-state index is 11.9. The summed E-state index contributed by atoms with van der Waals surface area (Å²) in [6, 6.07) is 2.64. The number of nitrogens with one attached hydrogen (secondary N) is 1. The highest BCUT2D eigenvalue weighted by Gasteiger charge is 2.23. The molecule has 1 aromatic carbocycles. The predicted octanol–water partition coefficient (Wildman–Crippen LogP) is 1.11. The Balaban J connectivity index is 2.93. The van der Waals surface area contributed by atoms with E-state index in [0.717, 1.165) is 11.0 Å². The van der Waals surface area contributed by atoms with Gasteiger partial charge in [-0.25, -0.2) is 4.79 Å². The normalized spacial score (nSPS) is 11.5. The van der Waals surface area contributed by atoms with E-state index < -0.39 is 23.0 Å². The van der Waals surface area contributed by atoms with Crippen LogP contribution in [0.25, 0.3) is 0 Å². The summed E-state index contributed by atoms with van der Waals surface area (Å²) in [5.41, 5.74) is 5.59. The highest BCUT2D eigenvalue weighted by molar-refractivity contribution is 5.98. The third kappa shape index (κ3) is 3.34. The first-order valence-corrected chi connectivity index (χ1v) is 5.54. The van der Waals surface area contributed by atoms with Gasteiger partial charge in [0.1, 0.15) is 6.04 Å². The maximum atomic E-state index is 11.9. The lowest BCUT2D eigenvalue weighted by Crippen LogP contribution is -2.42. The summed E-state index contributed by atoms with van der Waals surface area (Å²) in [6.07, 6.45) is -1.26. The van der Waals surface area contributed by atoms with Gasteiger partial charge in [-0.2, -0.15) is 0 Å². The number of non-ortho nitro benzene ring substituents is 1. The van der Waals surface area contributed by atoms with Crippen LogP contribution in [0.5, 0.6) is 0 Å². The fraction of sp³-hybridized carbons (Fsp3) is 0.273. The molecule has 108 valence electrons. The van der Waals surface area contributed by atoms with E-state index in [2.05, 4.69) is 5.32 Å². The Morgan fingerprint density at radius 2 is 2.10 bits per heavy atom. The first-order chi connectivity index (χ1) is 9.23. The van der Waals surface area contributed by atoms with Gasteiger partial charge in [0.05, 0.1) is 16.3 Å². The summed E-state index contributed by atoms with van der Waals surface area (Å²) in [5.74, 6) is -0.637. The van der Waals surface area contributed by atoms with Crippen LogP contribution >= 0.6 is 0 Å². The molecule has 0 aromatic heterocycles. The highest BCUT2D eigenvalue weighted by Crippen LogP contribution is 2.24. The number of nitro groups is 1. The summed E-state index contributed by atoms with van der Waals surface area (Å²) >= 11 is 0. The van der Waals surface area contributed by atoms with Gasteiger partial charge in [-0.05, 0) is 13.0 Å². The van der Waals surface area contributed by atoms with Crippen molar-refractivity contribution in [3.05, 3.63) is 28.3 Å². The van der Waals surface area contributed by atoms with Crippen molar-refractivity contribution in [2.75, 3.05) is 18.1 Å². The van der Waals surface area contributed by atoms with E-state index in [0.29, 0.717) is 0 Å². The van der Waals surface area contributed by atoms with Gasteiger partial charge in [-0.15, -0.1) is 0 Å². The van der Waals surface area contributed by atoms with Crippen molar-refractivity contribution in [3.63, 3.8) is 0 Å². The number of hydrogen-bond donors (Lipinski definition) is 3. The molecule has 0 aliphatic heterocycles. The van der Waals surface area contributed by atoms with E-state index in [9.17, 15) is 19.7 Å². The standard InChI is InChI=1S/C11H14N4O5/c1-6(14(2)11(17)18)10(16)13-9-5-7(15(19)20)3-4-8(9)12/h3-6H,12H2,1-2H3,(H,13,16)(H,17,18). The molecule has 0 aliphatic rings. The van der Waals surface area contributed by atoms with Crippen molar-refractivity contribution in [2.24, 2.45) is 0 Å². The van der Waals surface area contributed by atoms with Crippen LogP contribution in [0.4, 0.5) is 21.9 Å². The summed E-state index contributed by atoms with van der Waals surface area (Å²) in [6.45, 7) is 1.39.